The molecular weight excluding hydrogens is 442 g/mol. The van der Waals surface area contributed by atoms with Crippen molar-refractivity contribution < 1.29 is 4.79 Å². The van der Waals surface area contributed by atoms with Crippen LogP contribution < -0.4 is 10.6 Å². The number of nitrogens with one attached hydrogen (secondary N) is 2. The number of amidine groups is 1. The van der Waals surface area contributed by atoms with Crippen molar-refractivity contribution in [1.29, 1.82) is 5.26 Å². The Kier molecular flexibility index (Phi) is 7.31. The minimum Gasteiger partial charge on any atom is -0.384 e. The summed E-state index contributed by atoms with van der Waals surface area (Å²) in [6.45, 7) is 5.14. The second-order valence-electron chi connectivity index (χ2n) is 7.72. The Morgan fingerprint density at radius 1 is 1.06 bits per heavy atom. The predicted molar refractivity (Wildman–Crippen MR) is 140 cm³/mol. The Morgan fingerprint density at radius 2 is 1.82 bits per heavy atom. The molecule has 2 N–H and O–H groups in total. The van der Waals surface area contributed by atoms with E-state index in [2.05, 4.69) is 16.7 Å². The summed E-state index contributed by atoms with van der Waals surface area (Å²) in [5.74, 6) is -0.116. The fraction of sp³-hybridized carbons (Fsp3) is 0.148. The van der Waals surface area contributed by atoms with Crippen LogP contribution >= 0.6 is 11.8 Å². The quantitative estimate of drug-likeness (QED) is 0.416. The smallest absolute Gasteiger partial charge is 0.268 e. The van der Waals surface area contributed by atoms with E-state index < -0.39 is 0 Å². The molecule has 6 nitrogen and oxygen atoms in total. The van der Waals surface area contributed by atoms with E-state index in [0.717, 1.165) is 29.0 Å². The van der Waals surface area contributed by atoms with Gasteiger partial charge in [-0.25, -0.2) is 4.99 Å². The van der Waals surface area contributed by atoms with Gasteiger partial charge in [0.25, 0.3) is 5.91 Å². The number of aliphatic imine (C=N–C) groups is 1. The van der Waals surface area contributed by atoms with Crippen LogP contribution in [-0.2, 0) is 11.3 Å². The minimum absolute atomic E-state index is 0.116. The van der Waals surface area contributed by atoms with Gasteiger partial charge in [0.2, 0.25) is 0 Å². The van der Waals surface area contributed by atoms with Gasteiger partial charge in [0.05, 0.1) is 34.5 Å². The molecule has 0 aliphatic carbocycles. The van der Waals surface area contributed by atoms with E-state index in [9.17, 15) is 10.1 Å². The van der Waals surface area contributed by atoms with Crippen molar-refractivity contribution in [2.75, 3.05) is 17.2 Å². The van der Waals surface area contributed by atoms with Crippen molar-refractivity contribution in [1.82, 2.24) is 4.90 Å². The van der Waals surface area contributed by atoms with E-state index in [1.165, 1.54) is 11.8 Å². The number of hydrogen-bond acceptors (Lipinski definition) is 6. The first-order chi connectivity index (χ1) is 16.6. The molecule has 0 unspecified atom stereocenters. The normalized spacial score (nSPS) is 15.6. The van der Waals surface area contributed by atoms with Gasteiger partial charge in [0.1, 0.15) is 0 Å². The molecule has 1 saturated heterocycles. The van der Waals surface area contributed by atoms with E-state index in [0.29, 0.717) is 27.9 Å². The zero-order chi connectivity index (χ0) is 23.9. The number of amides is 1. The monoisotopic (exact) mass is 467 g/mol. The lowest BCUT2D eigenvalue weighted by Crippen LogP contribution is -2.28. The maximum atomic E-state index is 13.4. The lowest BCUT2D eigenvalue weighted by atomic mass is 10.2. The zero-order valence-corrected chi connectivity index (χ0v) is 19.9. The number of para-hydroxylation sites is 1. The van der Waals surface area contributed by atoms with E-state index in [1.54, 1.807) is 23.2 Å². The molecule has 1 aliphatic heterocycles. The third-order valence-corrected chi connectivity index (χ3v) is 6.29. The van der Waals surface area contributed by atoms with Gasteiger partial charge in [0.15, 0.2) is 5.17 Å². The molecule has 0 spiro atoms. The van der Waals surface area contributed by atoms with Crippen LogP contribution in [0.1, 0.15) is 23.6 Å². The lowest BCUT2D eigenvalue weighted by Gasteiger charge is -2.16. The SMILES string of the molecule is CCNc1ccc(C#N)cc1/N=C1\S/C(=C/Nc2ccccc2C)C(=O)N1Cc1ccccc1. The van der Waals surface area contributed by atoms with E-state index in [-0.39, 0.29) is 5.91 Å². The molecule has 1 amide bonds. The molecule has 0 saturated carbocycles. The van der Waals surface area contributed by atoms with Crippen molar-refractivity contribution in [2.45, 2.75) is 20.4 Å². The highest BCUT2D eigenvalue weighted by Crippen LogP contribution is 2.36. The van der Waals surface area contributed by atoms with Crippen molar-refractivity contribution in [3.63, 3.8) is 0 Å². The maximum Gasteiger partial charge on any atom is 0.268 e. The topological polar surface area (TPSA) is 80.5 Å². The Hall–Kier alpha value is -4.02. The number of aryl methyl sites for hydroxylation is 1. The Bertz CT molecular complexity index is 1290. The molecule has 0 atom stereocenters. The summed E-state index contributed by atoms with van der Waals surface area (Å²) in [4.78, 5) is 20.5. The number of thioether (sulfide) groups is 1. The van der Waals surface area contributed by atoms with Gasteiger partial charge in [-0.3, -0.25) is 9.69 Å². The van der Waals surface area contributed by atoms with Gasteiger partial charge < -0.3 is 10.6 Å². The summed E-state index contributed by atoms with van der Waals surface area (Å²) in [6.07, 6.45) is 1.74. The van der Waals surface area contributed by atoms with Crippen LogP contribution in [0.15, 0.2) is 88.9 Å². The molecule has 3 aromatic carbocycles. The summed E-state index contributed by atoms with van der Waals surface area (Å²) in [6, 6.07) is 25.3. The number of nitriles is 1. The average molecular weight is 468 g/mol. The number of hydrogen-bond donors (Lipinski definition) is 2. The molecule has 1 aliphatic rings. The summed E-state index contributed by atoms with van der Waals surface area (Å²) < 4.78 is 0. The number of carbonyl (C=O) groups is 1. The average Bonchev–Trinajstić information content (AvgIpc) is 3.14. The highest BCUT2D eigenvalue weighted by atomic mass is 32.2. The number of anilines is 2. The molecular formula is C27H25N5OS. The minimum atomic E-state index is -0.116. The summed E-state index contributed by atoms with van der Waals surface area (Å²) >= 11 is 1.32. The molecule has 3 aromatic rings. The molecule has 34 heavy (non-hydrogen) atoms. The van der Waals surface area contributed by atoms with Crippen molar-refractivity contribution in [3.8, 4) is 6.07 Å². The van der Waals surface area contributed by atoms with Gasteiger partial charge in [-0.05, 0) is 61.0 Å². The van der Waals surface area contributed by atoms with Crippen LogP contribution in [0.4, 0.5) is 17.1 Å². The van der Waals surface area contributed by atoms with Gasteiger partial charge in [-0.2, -0.15) is 5.26 Å². The first-order valence-electron chi connectivity index (χ1n) is 11.0. The Balaban J connectivity index is 1.71. The first kappa shape index (κ1) is 23.1. The highest BCUT2D eigenvalue weighted by Gasteiger charge is 2.33. The van der Waals surface area contributed by atoms with Gasteiger partial charge >= 0.3 is 0 Å². The Labute approximate surface area is 204 Å². The molecule has 0 radical (unpaired) electrons. The van der Waals surface area contributed by atoms with Crippen LogP contribution in [0, 0.1) is 18.3 Å². The van der Waals surface area contributed by atoms with Crippen molar-refractivity contribution >= 4 is 39.9 Å². The first-order valence-corrected chi connectivity index (χ1v) is 11.8. The molecule has 170 valence electrons. The highest BCUT2D eigenvalue weighted by molar-refractivity contribution is 8.18. The summed E-state index contributed by atoms with van der Waals surface area (Å²) in [7, 11) is 0. The van der Waals surface area contributed by atoms with E-state index in [1.807, 2.05) is 74.5 Å². The van der Waals surface area contributed by atoms with Crippen LogP contribution in [0.2, 0.25) is 0 Å². The third kappa shape index (κ3) is 5.30. The lowest BCUT2D eigenvalue weighted by molar-refractivity contribution is -0.122. The molecule has 1 heterocycles. The van der Waals surface area contributed by atoms with Gasteiger partial charge in [0, 0.05) is 18.4 Å². The van der Waals surface area contributed by atoms with E-state index in [4.69, 9.17) is 4.99 Å². The molecule has 0 aromatic heterocycles. The van der Waals surface area contributed by atoms with E-state index >= 15 is 0 Å². The maximum absolute atomic E-state index is 13.4. The number of carbonyl (C=O) groups excluding carboxylic acids is 1. The fourth-order valence-electron chi connectivity index (χ4n) is 3.51. The number of rotatable bonds is 7. The van der Waals surface area contributed by atoms with Crippen molar-refractivity contribution in [2.24, 2.45) is 4.99 Å². The van der Waals surface area contributed by atoms with Crippen molar-refractivity contribution in [3.05, 3.63) is 101 Å². The third-order valence-electron chi connectivity index (χ3n) is 5.29. The predicted octanol–water partition coefficient (Wildman–Crippen LogP) is 6.02. The number of nitrogens with zero attached hydrogens (tertiary/aromatic N) is 3. The second-order valence-corrected chi connectivity index (χ2v) is 8.72. The summed E-state index contributed by atoms with van der Waals surface area (Å²) in [5.41, 5.74) is 5.00. The van der Waals surface area contributed by atoms with Crippen LogP contribution in [0.3, 0.4) is 0 Å². The van der Waals surface area contributed by atoms with Gasteiger partial charge in [-0.15, -0.1) is 0 Å². The standard InChI is InChI=1S/C27H25N5OS/c1-3-29-23-14-13-21(16-28)15-24(23)31-27-32(18-20-10-5-4-6-11-20)26(33)25(34-27)17-30-22-12-8-7-9-19(22)2/h4-15,17,29-30H,3,18H2,1-2H3/b25-17+,31-27-. The molecule has 0 bridgehead atoms. The zero-order valence-electron chi connectivity index (χ0n) is 19.1. The fourth-order valence-corrected chi connectivity index (χ4v) is 4.43. The molecule has 7 heteroatoms. The molecule has 4 rings (SSSR count). The molecule has 1 fully saturated rings. The van der Waals surface area contributed by atoms with Crippen LogP contribution in [0.25, 0.3) is 0 Å². The second kappa shape index (κ2) is 10.7. The Morgan fingerprint density at radius 3 is 2.56 bits per heavy atom. The van der Waals surface area contributed by atoms with Gasteiger partial charge in [-0.1, -0.05) is 48.5 Å². The van der Waals surface area contributed by atoms with Crippen LogP contribution in [-0.4, -0.2) is 22.5 Å². The summed E-state index contributed by atoms with van der Waals surface area (Å²) in [5, 5.41) is 16.5. The largest absolute Gasteiger partial charge is 0.384 e. The van der Waals surface area contributed by atoms with Crippen LogP contribution in [0.5, 0.6) is 0 Å². The number of benzene rings is 3.